The Bertz CT molecular complexity index is 482. The van der Waals surface area contributed by atoms with Crippen molar-refractivity contribution >= 4 is 15.9 Å². The van der Waals surface area contributed by atoms with E-state index in [0.717, 1.165) is 0 Å². The highest BCUT2D eigenvalue weighted by Crippen LogP contribution is 2.09. The maximum atomic E-state index is 11.7. The van der Waals surface area contributed by atoms with Crippen LogP contribution in [0, 0.1) is 0 Å². The van der Waals surface area contributed by atoms with E-state index in [0.29, 0.717) is 13.0 Å². The summed E-state index contributed by atoms with van der Waals surface area (Å²) < 4.78 is 25.8. The van der Waals surface area contributed by atoms with Gasteiger partial charge in [-0.3, -0.25) is 4.79 Å². The Hall–Kier alpha value is -1.44. The lowest BCUT2D eigenvalue weighted by atomic mass is 10.2. The van der Waals surface area contributed by atoms with Crippen LogP contribution in [0.2, 0.25) is 0 Å². The average molecular weight is 257 g/mol. The molecule has 0 aliphatic carbocycles. The van der Waals surface area contributed by atoms with E-state index in [1.807, 2.05) is 0 Å². The third kappa shape index (κ3) is 3.81. The number of nitrogens with two attached hydrogens (primary N) is 2. The smallest absolute Gasteiger partial charge is 0.248 e. The van der Waals surface area contributed by atoms with Gasteiger partial charge in [-0.05, 0) is 37.2 Å². The molecule has 1 aromatic rings. The molecule has 0 heterocycles. The molecule has 0 fully saturated rings. The van der Waals surface area contributed by atoms with Gasteiger partial charge in [-0.2, -0.15) is 0 Å². The molecule has 0 radical (unpaired) electrons. The lowest BCUT2D eigenvalue weighted by molar-refractivity contribution is 0.1000. The second-order valence-corrected chi connectivity index (χ2v) is 5.20. The van der Waals surface area contributed by atoms with Crippen LogP contribution in [-0.4, -0.2) is 27.4 Å². The fourth-order valence-corrected chi connectivity index (χ4v) is 2.26. The van der Waals surface area contributed by atoms with Crippen LogP contribution < -0.4 is 16.2 Å². The minimum atomic E-state index is -3.53. The summed E-state index contributed by atoms with van der Waals surface area (Å²) in [7, 11) is -3.53. The highest BCUT2D eigenvalue weighted by molar-refractivity contribution is 7.89. The molecule has 0 bridgehead atoms. The Morgan fingerprint density at radius 3 is 2.29 bits per heavy atom. The maximum Gasteiger partial charge on any atom is 0.248 e. The fourth-order valence-electron chi connectivity index (χ4n) is 1.19. The monoisotopic (exact) mass is 257 g/mol. The van der Waals surface area contributed by atoms with Gasteiger partial charge in [-0.1, -0.05) is 0 Å². The van der Waals surface area contributed by atoms with Gasteiger partial charge in [0, 0.05) is 12.1 Å². The Morgan fingerprint density at radius 1 is 1.24 bits per heavy atom. The molecule has 6 nitrogen and oxygen atoms in total. The van der Waals surface area contributed by atoms with Crippen molar-refractivity contribution < 1.29 is 13.2 Å². The first-order valence-electron chi connectivity index (χ1n) is 5.07. The number of amides is 1. The van der Waals surface area contributed by atoms with Crippen LogP contribution in [0.15, 0.2) is 29.2 Å². The number of rotatable bonds is 6. The number of benzene rings is 1. The Morgan fingerprint density at radius 2 is 1.82 bits per heavy atom. The zero-order valence-corrected chi connectivity index (χ0v) is 10.0. The molecule has 0 saturated carbocycles. The van der Waals surface area contributed by atoms with Crippen molar-refractivity contribution in [2.24, 2.45) is 11.5 Å². The van der Waals surface area contributed by atoms with Crippen LogP contribution >= 0.6 is 0 Å². The number of sulfonamides is 1. The zero-order valence-electron chi connectivity index (χ0n) is 9.22. The van der Waals surface area contributed by atoms with Crippen molar-refractivity contribution in [1.82, 2.24) is 4.72 Å². The van der Waals surface area contributed by atoms with Gasteiger partial charge in [0.2, 0.25) is 15.9 Å². The van der Waals surface area contributed by atoms with Gasteiger partial charge in [0.05, 0.1) is 4.90 Å². The molecular weight excluding hydrogens is 242 g/mol. The van der Waals surface area contributed by atoms with Gasteiger partial charge in [0.1, 0.15) is 0 Å². The van der Waals surface area contributed by atoms with Gasteiger partial charge in [-0.15, -0.1) is 0 Å². The molecule has 0 spiro atoms. The summed E-state index contributed by atoms with van der Waals surface area (Å²) in [5.74, 6) is -0.593. The van der Waals surface area contributed by atoms with Crippen LogP contribution in [0.3, 0.4) is 0 Å². The van der Waals surface area contributed by atoms with Crippen LogP contribution in [0.4, 0.5) is 0 Å². The summed E-state index contributed by atoms with van der Waals surface area (Å²) >= 11 is 0. The Balaban J connectivity index is 2.81. The predicted molar refractivity (Wildman–Crippen MR) is 63.8 cm³/mol. The number of carbonyl (C=O) groups is 1. The topological polar surface area (TPSA) is 115 Å². The molecule has 7 heteroatoms. The van der Waals surface area contributed by atoms with E-state index < -0.39 is 15.9 Å². The van der Waals surface area contributed by atoms with Crippen LogP contribution in [0.5, 0.6) is 0 Å². The normalized spacial score (nSPS) is 11.4. The first-order chi connectivity index (χ1) is 7.97. The Labute approximate surface area is 100 Å². The minimum Gasteiger partial charge on any atom is -0.366 e. The third-order valence-electron chi connectivity index (χ3n) is 2.12. The van der Waals surface area contributed by atoms with Gasteiger partial charge >= 0.3 is 0 Å². The quantitative estimate of drug-likeness (QED) is 0.591. The van der Waals surface area contributed by atoms with Crippen LogP contribution in [0.1, 0.15) is 16.8 Å². The molecule has 17 heavy (non-hydrogen) atoms. The number of primary amides is 1. The summed E-state index contributed by atoms with van der Waals surface area (Å²) in [5, 5.41) is 0. The Kier molecular flexibility index (Phi) is 4.62. The molecule has 0 atom stereocenters. The van der Waals surface area contributed by atoms with Crippen molar-refractivity contribution in [1.29, 1.82) is 0 Å². The summed E-state index contributed by atoms with van der Waals surface area (Å²) in [6.07, 6.45) is 0.568. The first kappa shape index (κ1) is 13.6. The average Bonchev–Trinajstić information content (AvgIpc) is 2.29. The van der Waals surface area contributed by atoms with E-state index in [1.165, 1.54) is 24.3 Å². The lowest BCUT2D eigenvalue weighted by Gasteiger charge is -2.06. The molecule has 0 unspecified atom stereocenters. The first-order valence-corrected chi connectivity index (χ1v) is 6.55. The van der Waals surface area contributed by atoms with Gasteiger partial charge < -0.3 is 11.5 Å². The molecule has 0 aliphatic heterocycles. The number of hydrogen-bond donors (Lipinski definition) is 3. The van der Waals surface area contributed by atoms with E-state index in [1.54, 1.807) is 0 Å². The summed E-state index contributed by atoms with van der Waals surface area (Å²) in [6, 6.07) is 5.43. The molecule has 0 aliphatic rings. The van der Waals surface area contributed by atoms with Crippen molar-refractivity contribution in [3.05, 3.63) is 29.8 Å². The zero-order chi connectivity index (χ0) is 12.9. The van der Waals surface area contributed by atoms with Gasteiger partial charge in [0.25, 0.3) is 0 Å². The highest BCUT2D eigenvalue weighted by atomic mass is 32.2. The molecule has 94 valence electrons. The number of carbonyl (C=O) groups excluding carboxylic acids is 1. The van der Waals surface area contributed by atoms with Gasteiger partial charge in [0.15, 0.2) is 0 Å². The molecule has 0 aromatic heterocycles. The largest absolute Gasteiger partial charge is 0.366 e. The van der Waals surface area contributed by atoms with Gasteiger partial charge in [-0.25, -0.2) is 13.1 Å². The standard InChI is InChI=1S/C10H15N3O3S/c11-6-1-7-13-17(15,16)9-4-2-8(3-5-9)10(12)14/h2-5,13H,1,6-7,11H2,(H2,12,14). The third-order valence-corrected chi connectivity index (χ3v) is 3.60. The molecular formula is C10H15N3O3S. The van der Waals surface area contributed by atoms with E-state index in [4.69, 9.17) is 11.5 Å². The van der Waals surface area contributed by atoms with E-state index in [-0.39, 0.29) is 17.0 Å². The molecule has 1 rings (SSSR count). The summed E-state index contributed by atoms with van der Waals surface area (Å²) in [4.78, 5) is 10.9. The molecule has 1 aromatic carbocycles. The van der Waals surface area contributed by atoms with E-state index in [9.17, 15) is 13.2 Å². The second kappa shape index (κ2) is 5.76. The summed E-state index contributed by atoms with van der Waals surface area (Å²) in [6.45, 7) is 0.708. The molecule has 5 N–H and O–H groups in total. The lowest BCUT2D eigenvalue weighted by Crippen LogP contribution is -2.26. The predicted octanol–water partition coefficient (Wildman–Crippen LogP) is -0.587. The van der Waals surface area contributed by atoms with Crippen molar-refractivity contribution in [3.8, 4) is 0 Å². The fraction of sp³-hybridized carbons (Fsp3) is 0.300. The van der Waals surface area contributed by atoms with E-state index >= 15 is 0 Å². The maximum absolute atomic E-state index is 11.7. The van der Waals surface area contributed by atoms with Crippen molar-refractivity contribution in [2.45, 2.75) is 11.3 Å². The SMILES string of the molecule is NCCCNS(=O)(=O)c1ccc(C(N)=O)cc1. The van der Waals surface area contributed by atoms with Crippen LogP contribution in [0.25, 0.3) is 0 Å². The highest BCUT2D eigenvalue weighted by Gasteiger charge is 2.13. The molecule has 1 amide bonds. The number of nitrogens with one attached hydrogen (secondary N) is 1. The van der Waals surface area contributed by atoms with Crippen molar-refractivity contribution in [3.63, 3.8) is 0 Å². The summed E-state index contributed by atoms with van der Waals surface area (Å²) in [5.41, 5.74) is 10.6. The van der Waals surface area contributed by atoms with Crippen LogP contribution in [-0.2, 0) is 10.0 Å². The van der Waals surface area contributed by atoms with E-state index in [2.05, 4.69) is 4.72 Å². The number of hydrogen-bond acceptors (Lipinski definition) is 4. The molecule has 0 saturated heterocycles. The van der Waals surface area contributed by atoms with Crippen molar-refractivity contribution in [2.75, 3.05) is 13.1 Å². The second-order valence-electron chi connectivity index (χ2n) is 3.43. The minimum absolute atomic E-state index is 0.0968.